The molecule has 6 heteroatoms. The first-order chi connectivity index (χ1) is 10.5. The summed E-state index contributed by atoms with van der Waals surface area (Å²) in [7, 11) is 1.55. The zero-order chi connectivity index (χ0) is 15.9. The fourth-order valence-corrected chi connectivity index (χ4v) is 2.73. The molecule has 0 aliphatic carbocycles. The van der Waals surface area contributed by atoms with Crippen LogP contribution in [0.2, 0.25) is 0 Å². The summed E-state index contributed by atoms with van der Waals surface area (Å²) in [6.07, 6.45) is 3.58. The second kappa shape index (κ2) is 5.38. The summed E-state index contributed by atoms with van der Waals surface area (Å²) < 4.78 is 2.08. The number of hydrogen-bond donors (Lipinski definition) is 1. The Morgan fingerprint density at radius 2 is 2.00 bits per heavy atom. The lowest BCUT2D eigenvalue weighted by Crippen LogP contribution is -2.52. The van der Waals surface area contributed by atoms with Crippen LogP contribution in [0.15, 0.2) is 36.0 Å². The lowest BCUT2D eigenvalue weighted by Gasteiger charge is -2.24. The molecule has 0 bridgehead atoms. The summed E-state index contributed by atoms with van der Waals surface area (Å²) in [6, 6.07) is 7.91. The van der Waals surface area contributed by atoms with Gasteiger partial charge in [0.25, 0.3) is 11.8 Å². The van der Waals surface area contributed by atoms with Crippen molar-refractivity contribution in [2.24, 2.45) is 0 Å². The molecular formula is C16H15N3O2S. The Hall–Kier alpha value is -2.47. The second-order valence-electron chi connectivity index (χ2n) is 5.07. The van der Waals surface area contributed by atoms with Gasteiger partial charge in [-0.15, -0.1) is 0 Å². The van der Waals surface area contributed by atoms with Crippen molar-refractivity contribution >= 4 is 46.1 Å². The van der Waals surface area contributed by atoms with Crippen molar-refractivity contribution in [2.75, 3.05) is 7.05 Å². The number of nitrogens with one attached hydrogen (secondary N) is 1. The van der Waals surface area contributed by atoms with Gasteiger partial charge in [-0.25, -0.2) is 0 Å². The predicted octanol–water partition coefficient (Wildman–Crippen LogP) is 1.92. The average molecular weight is 313 g/mol. The van der Waals surface area contributed by atoms with E-state index in [-0.39, 0.29) is 16.6 Å². The third-order valence-electron chi connectivity index (χ3n) is 3.76. The third-order valence-corrected chi connectivity index (χ3v) is 4.14. The molecule has 0 atom stereocenters. The Bertz CT molecular complexity index is 835. The highest BCUT2D eigenvalue weighted by atomic mass is 32.1. The van der Waals surface area contributed by atoms with E-state index < -0.39 is 5.91 Å². The molecule has 2 amide bonds. The van der Waals surface area contributed by atoms with Gasteiger partial charge in [0.15, 0.2) is 5.11 Å². The molecule has 0 spiro atoms. The maximum Gasteiger partial charge on any atom is 0.265 e. The molecular weight excluding hydrogens is 298 g/mol. The third kappa shape index (κ3) is 2.21. The van der Waals surface area contributed by atoms with Crippen LogP contribution in [0.25, 0.3) is 17.0 Å². The summed E-state index contributed by atoms with van der Waals surface area (Å²) in [5.41, 5.74) is 2.01. The van der Waals surface area contributed by atoms with Crippen LogP contribution in [0.3, 0.4) is 0 Å². The molecule has 0 unspecified atom stereocenters. The van der Waals surface area contributed by atoms with E-state index >= 15 is 0 Å². The Morgan fingerprint density at radius 1 is 1.27 bits per heavy atom. The molecule has 112 valence electrons. The number of carbonyl (C=O) groups excluding carboxylic acids is 2. The molecule has 2 heterocycles. The zero-order valence-electron chi connectivity index (χ0n) is 12.3. The number of rotatable bonds is 2. The number of fused-ring (bicyclic) bond motifs is 1. The number of para-hydroxylation sites is 1. The van der Waals surface area contributed by atoms with Crippen LogP contribution in [0.5, 0.6) is 0 Å². The highest BCUT2D eigenvalue weighted by Gasteiger charge is 2.30. The van der Waals surface area contributed by atoms with Crippen molar-refractivity contribution in [3.63, 3.8) is 0 Å². The molecule has 1 fully saturated rings. The molecule has 2 aromatic rings. The number of benzene rings is 1. The Kier molecular flexibility index (Phi) is 3.54. The minimum atomic E-state index is -0.457. The van der Waals surface area contributed by atoms with E-state index in [1.165, 1.54) is 4.90 Å². The summed E-state index contributed by atoms with van der Waals surface area (Å²) in [4.78, 5) is 25.6. The van der Waals surface area contributed by atoms with E-state index in [4.69, 9.17) is 12.2 Å². The summed E-state index contributed by atoms with van der Waals surface area (Å²) in [5.74, 6) is -0.844. The standard InChI is InChI=1S/C16H15N3O2S/c1-3-19-9-10(11-6-4-5-7-13(11)19)8-12-14(20)17-16(22)18(2)15(12)21/h4-9H,3H2,1-2H3,(H,17,20,22)/b12-8-. The van der Waals surface area contributed by atoms with Gasteiger partial charge < -0.3 is 4.57 Å². The van der Waals surface area contributed by atoms with Gasteiger partial charge in [0.1, 0.15) is 5.57 Å². The molecule has 1 aromatic carbocycles. The lowest BCUT2D eigenvalue weighted by molar-refractivity contribution is -0.128. The van der Waals surface area contributed by atoms with Crippen molar-refractivity contribution in [3.8, 4) is 0 Å². The fraction of sp³-hybridized carbons (Fsp3) is 0.188. The average Bonchev–Trinajstić information content (AvgIpc) is 2.87. The maximum atomic E-state index is 12.3. The summed E-state index contributed by atoms with van der Waals surface area (Å²) >= 11 is 4.94. The minimum Gasteiger partial charge on any atom is -0.347 e. The van der Waals surface area contributed by atoms with Crippen LogP contribution in [-0.4, -0.2) is 33.4 Å². The molecule has 22 heavy (non-hydrogen) atoms. The quantitative estimate of drug-likeness (QED) is 0.523. The van der Waals surface area contributed by atoms with Crippen LogP contribution >= 0.6 is 12.2 Å². The van der Waals surface area contributed by atoms with E-state index in [2.05, 4.69) is 9.88 Å². The Balaban J connectivity index is 2.14. The number of carbonyl (C=O) groups is 2. The first-order valence-corrected chi connectivity index (χ1v) is 7.36. The summed E-state index contributed by atoms with van der Waals surface area (Å²) in [5, 5.41) is 3.66. The highest BCUT2D eigenvalue weighted by molar-refractivity contribution is 7.80. The molecule has 1 aromatic heterocycles. The van der Waals surface area contributed by atoms with Crippen LogP contribution in [0.4, 0.5) is 0 Å². The molecule has 0 radical (unpaired) electrons. The smallest absolute Gasteiger partial charge is 0.265 e. The normalized spacial score (nSPS) is 17.5. The lowest BCUT2D eigenvalue weighted by atomic mass is 10.1. The van der Waals surface area contributed by atoms with Gasteiger partial charge in [-0.3, -0.25) is 19.8 Å². The zero-order valence-corrected chi connectivity index (χ0v) is 13.1. The van der Waals surface area contributed by atoms with E-state index in [1.54, 1.807) is 13.1 Å². The van der Waals surface area contributed by atoms with Gasteiger partial charge in [0, 0.05) is 36.3 Å². The van der Waals surface area contributed by atoms with E-state index in [1.807, 2.05) is 37.4 Å². The van der Waals surface area contributed by atoms with Crippen molar-refractivity contribution in [3.05, 3.63) is 41.6 Å². The fourth-order valence-electron chi connectivity index (χ4n) is 2.55. The predicted molar refractivity (Wildman–Crippen MR) is 89.1 cm³/mol. The van der Waals surface area contributed by atoms with Gasteiger partial charge >= 0.3 is 0 Å². The molecule has 3 rings (SSSR count). The molecule has 5 nitrogen and oxygen atoms in total. The topological polar surface area (TPSA) is 54.3 Å². The van der Waals surface area contributed by atoms with Crippen molar-refractivity contribution in [2.45, 2.75) is 13.5 Å². The molecule has 1 saturated heterocycles. The van der Waals surface area contributed by atoms with Crippen molar-refractivity contribution < 1.29 is 9.59 Å². The number of hydrogen-bond acceptors (Lipinski definition) is 3. The second-order valence-corrected chi connectivity index (χ2v) is 5.46. The molecule has 1 aliphatic heterocycles. The number of likely N-dealkylation sites (N-methyl/N-ethyl adjacent to an activating group) is 1. The highest BCUT2D eigenvalue weighted by Crippen LogP contribution is 2.24. The van der Waals surface area contributed by atoms with Crippen LogP contribution in [-0.2, 0) is 16.1 Å². The number of thiocarbonyl (C=S) groups is 1. The summed E-state index contributed by atoms with van der Waals surface area (Å²) in [6.45, 7) is 2.86. The van der Waals surface area contributed by atoms with Crippen LogP contribution in [0, 0.1) is 0 Å². The number of aromatic nitrogens is 1. The van der Waals surface area contributed by atoms with Gasteiger partial charge in [0.05, 0.1) is 0 Å². The number of nitrogens with zero attached hydrogens (tertiary/aromatic N) is 2. The largest absolute Gasteiger partial charge is 0.347 e. The molecule has 1 N–H and O–H groups in total. The minimum absolute atomic E-state index is 0.0927. The van der Waals surface area contributed by atoms with Gasteiger partial charge in [-0.2, -0.15) is 0 Å². The van der Waals surface area contributed by atoms with Gasteiger partial charge in [-0.1, -0.05) is 18.2 Å². The Labute approximate surface area is 133 Å². The monoisotopic (exact) mass is 313 g/mol. The van der Waals surface area contributed by atoms with Crippen LogP contribution < -0.4 is 5.32 Å². The Morgan fingerprint density at radius 3 is 2.73 bits per heavy atom. The van der Waals surface area contributed by atoms with Gasteiger partial charge in [0.2, 0.25) is 0 Å². The first kappa shape index (κ1) is 14.5. The van der Waals surface area contributed by atoms with Crippen LogP contribution in [0.1, 0.15) is 12.5 Å². The first-order valence-electron chi connectivity index (χ1n) is 6.96. The molecule has 0 saturated carbocycles. The number of aryl methyl sites for hydroxylation is 1. The van der Waals surface area contributed by atoms with E-state index in [9.17, 15) is 9.59 Å². The number of amides is 2. The molecule has 1 aliphatic rings. The van der Waals surface area contributed by atoms with Crippen molar-refractivity contribution in [1.29, 1.82) is 0 Å². The SMILES string of the molecule is CCn1cc(/C=C2/C(=O)NC(=S)N(C)C2=O)c2ccccc21. The van der Waals surface area contributed by atoms with E-state index in [0.29, 0.717) is 0 Å². The van der Waals surface area contributed by atoms with E-state index in [0.717, 1.165) is 23.0 Å². The van der Waals surface area contributed by atoms with Crippen molar-refractivity contribution in [1.82, 2.24) is 14.8 Å². The van der Waals surface area contributed by atoms with Gasteiger partial charge in [-0.05, 0) is 31.3 Å². The maximum absolute atomic E-state index is 12.3.